The average Bonchev–Trinajstić information content (AvgIpc) is 1.97. The third-order valence-electron chi connectivity index (χ3n) is 2.42. The lowest BCUT2D eigenvalue weighted by Crippen LogP contribution is -2.55. The molecule has 62 valence electrons. The van der Waals surface area contributed by atoms with E-state index < -0.39 is 0 Å². The van der Waals surface area contributed by atoms with Crippen LogP contribution in [0.3, 0.4) is 0 Å². The van der Waals surface area contributed by atoms with Crippen molar-refractivity contribution >= 4 is 63.7 Å². The van der Waals surface area contributed by atoms with Crippen LogP contribution in [0.25, 0.3) is 0 Å². The van der Waals surface area contributed by atoms with Crippen LogP contribution < -0.4 is 0 Å². The van der Waals surface area contributed by atoms with E-state index in [0.717, 1.165) is 0 Å². The van der Waals surface area contributed by atoms with E-state index in [2.05, 4.69) is 69.8 Å². The maximum absolute atomic E-state index is 3.69. The van der Waals surface area contributed by atoms with Crippen molar-refractivity contribution in [1.29, 1.82) is 0 Å². The van der Waals surface area contributed by atoms with Crippen molar-refractivity contribution in [3.63, 3.8) is 0 Å². The normalized spacial score (nSPS) is 54.9. The second kappa shape index (κ2) is 3.10. The summed E-state index contributed by atoms with van der Waals surface area (Å²) in [4.78, 5) is 1.79. The van der Waals surface area contributed by atoms with Gasteiger partial charge in [-0.1, -0.05) is 69.8 Å². The molecule has 0 aliphatic heterocycles. The molecular formula is C7H6Br4. The van der Waals surface area contributed by atoms with Gasteiger partial charge in [0.1, 0.15) is 0 Å². The van der Waals surface area contributed by atoms with E-state index in [1.165, 1.54) is 4.48 Å². The highest BCUT2D eigenvalue weighted by atomic mass is 79.9. The molecule has 4 heteroatoms. The number of rotatable bonds is 0. The van der Waals surface area contributed by atoms with Gasteiger partial charge in [0.2, 0.25) is 0 Å². The Morgan fingerprint density at radius 1 is 1.09 bits per heavy atom. The molecule has 0 radical (unpaired) electrons. The fourth-order valence-corrected chi connectivity index (χ4v) is 6.98. The minimum atomic E-state index is 0.487. The maximum atomic E-state index is 3.69. The fraction of sp³-hybridized carbons (Fsp3) is 0.714. The summed E-state index contributed by atoms with van der Waals surface area (Å²) in [6.07, 6.45) is 2.29. The van der Waals surface area contributed by atoms with Gasteiger partial charge in [0.05, 0.1) is 4.83 Å². The van der Waals surface area contributed by atoms with Crippen LogP contribution in [0, 0.1) is 11.8 Å². The van der Waals surface area contributed by atoms with Crippen LogP contribution in [0.15, 0.2) is 10.6 Å². The molecule has 2 bridgehead atoms. The minimum Gasteiger partial charge on any atom is -0.0880 e. The van der Waals surface area contributed by atoms with Gasteiger partial charge in [-0.25, -0.2) is 0 Å². The average molecular weight is 410 g/mol. The molecular weight excluding hydrogens is 404 g/mol. The number of halogens is 4. The van der Waals surface area contributed by atoms with Crippen molar-refractivity contribution in [3.05, 3.63) is 10.6 Å². The Hall–Kier alpha value is 1.66. The number of fused-ring (bicyclic) bond motifs is 1. The van der Waals surface area contributed by atoms with Crippen molar-refractivity contribution in [1.82, 2.24) is 0 Å². The van der Waals surface area contributed by atoms with Gasteiger partial charge >= 0.3 is 0 Å². The lowest BCUT2D eigenvalue weighted by atomic mass is 9.69. The molecule has 0 aromatic heterocycles. The second-order valence-electron chi connectivity index (χ2n) is 3.00. The van der Waals surface area contributed by atoms with Gasteiger partial charge in [-0.15, -0.1) is 0 Å². The van der Waals surface area contributed by atoms with Crippen LogP contribution in [0.2, 0.25) is 0 Å². The van der Waals surface area contributed by atoms with Crippen molar-refractivity contribution in [2.45, 2.75) is 14.5 Å². The van der Waals surface area contributed by atoms with E-state index in [1.54, 1.807) is 0 Å². The predicted octanol–water partition coefficient (Wildman–Crippen LogP) is 3.82. The summed E-state index contributed by atoms with van der Waals surface area (Å²) in [6.45, 7) is 0. The molecule has 0 saturated heterocycles. The van der Waals surface area contributed by atoms with E-state index in [-0.39, 0.29) is 0 Å². The third-order valence-corrected chi connectivity index (χ3v) is 7.34. The van der Waals surface area contributed by atoms with Gasteiger partial charge in [-0.05, 0) is 0 Å². The Morgan fingerprint density at radius 3 is 2.00 bits per heavy atom. The van der Waals surface area contributed by atoms with Gasteiger partial charge in [0, 0.05) is 26.0 Å². The molecule has 3 rings (SSSR count). The first-order valence-electron chi connectivity index (χ1n) is 3.42. The molecule has 0 aromatic rings. The molecule has 0 aromatic carbocycles. The lowest BCUT2D eigenvalue weighted by Gasteiger charge is -2.51. The third kappa shape index (κ3) is 1.24. The molecule has 0 N–H and O–H groups in total. The Balaban J connectivity index is 2.29. The van der Waals surface area contributed by atoms with Crippen molar-refractivity contribution in [2.75, 3.05) is 0 Å². The van der Waals surface area contributed by atoms with E-state index in [9.17, 15) is 0 Å². The Kier molecular flexibility index (Phi) is 2.60. The molecule has 3 unspecified atom stereocenters. The van der Waals surface area contributed by atoms with Gasteiger partial charge in [0.25, 0.3) is 0 Å². The predicted molar refractivity (Wildman–Crippen MR) is 62.1 cm³/mol. The highest BCUT2D eigenvalue weighted by molar-refractivity contribution is 9.14. The monoisotopic (exact) mass is 406 g/mol. The Bertz CT molecular complexity index is 202. The van der Waals surface area contributed by atoms with E-state index in [4.69, 9.17) is 0 Å². The highest BCUT2D eigenvalue weighted by Gasteiger charge is 2.53. The molecule has 1 fully saturated rings. The second-order valence-corrected chi connectivity index (χ2v) is 7.01. The van der Waals surface area contributed by atoms with Gasteiger partial charge < -0.3 is 0 Å². The largest absolute Gasteiger partial charge is 0.0880 e. The molecule has 1 saturated carbocycles. The summed E-state index contributed by atoms with van der Waals surface area (Å²) in [6, 6.07) is 0. The van der Waals surface area contributed by atoms with Crippen LogP contribution in [-0.4, -0.2) is 14.5 Å². The number of hydrogen-bond acceptors (Lipinski definition) is 0. The molecule has 5 atom stereocenters. The summed E-state index contributed by atoms with van der Waals surface area (Å²) >= 11 is 14.6. The van der Waals surface area contributed by atoms with Crippen LogP contribution in [0.5, 0.6) is 0 Å². The van der Waals surface area contributed by atoms with Crippen LogP contribution >= 0.6 is 63.7 Å². The molecule has 0 amide bonds. The Morgan fingerprint density at radius 2 is 1.64 bits per heavy atom. The fourth-order valence-electron chi connectivity index (χ4n) is 1.69. The summed E-state index contributed by atoms with van der Waals surface area (Å²) in [5, 5.41) is 0. The van der Waals surface area contributed by atoms with Gasteiger partial charge in [-0.3, -0.25) is 0 Å². The van der Waals surface area contributed by atoms with Crippen molar-refractivity contribution in [2.24, 2.45) is 11.8 Å². The summed E-state index contributed by atoms with van der Waals surface area (Å²) in [5.74, 6) is 1.36. The van der Waals surface area contributed by atoms with E-state index >= 15 is 0 Å². The first-order valence-corrected chi connectivity index (χ1v) is 6.96. The number of allylic oxidation sites excluding steroid dienone is 2. The highest BCUT2D eigenvalue weighted by Crippen LogP contribution is 2.55. The summed E-state index contributed by atoms with van der Waals surface area (Å²) < 4.78 is 1.30. The zero-order valence-corrected chi connectivity index (χ0v) is 11.8. The first-order chi connectivity index (χ1) is 5.13. The quantitative estimate of drug-likeness (QED) is 0.534. The summed E-state index contributed by atoms with van der Waals surface area (Å²) in [7, 11) is 0. The smallest absolute Gasteiger partial charge is 0.0508 e. The molecule has 0 spiro atoms. The number of hydrogen-bond donors (Lipinski definition) is 0. The van der Waals surface area contributed by atoms with Crippen molar-refractivity contribution < 1.29 is 0 Å². The van der Waals surface area contributed by atoms with Crippen LogP contribution in [0.4, 0.5) is 0 Å². The molecule has 0 heterocycles. The number of alkyl halides is 3. The molecule has 3 aliphatic rings. The lowest BCUT2D eigenvalue weighted by molar-refractivity contribution is 0.274. The molecule has 11 heavy (non-hydrogen) atoms. The first kappa shape index (κ1) is 9.22. The van der Waals surface area contributed by atoms with Gasteiger partial charge in [0.15, 0.2) is 0 Å². The molecule has 0 nitrogen and oxygen atoms in total. The maximum Gasteiger partial charge on any atom is 0.0508 e. The SMILES string of the molecule is BrC1=CC2C(Br)C([C@@H]2Br)[C@H]1Br. The topological polar surface area (TPSA) is 0 Å². The zero-order valence-electron chi connectivity index (χ0n) is 5.48. The van der Waals surface area contributed by atoms with Crippen LogP contribution in [0.1, 0.15) is 0 Å². The van der Waals surface area contributed by atoms with Crippen LogP contribution in [-0.2, 0) is 0 Å². The summed E-state index contributed by atoms with van der Waals surface area (Å²) in [5.41, 5.74) is 0. The van der Waals surface area contributed by atoms with E-state index in [0.29, 0.717) is 26.3 Å². The standard InChI is InChI=1S/C7H6Br4/c8-3-1-2-5(9)4(6(2)10)7(3)11/h1-2,4-7H/t2?,4?,5-,6?,7+/m1/s1. The Labute approximate surface area is 99.7 Å². The van der Waals surface area contributed by atoms with E-state index in [1.807, 2.05) is 0 Å². The zero-order chi connectivity index (χ0) is 8.17. The van der Waals surface area contributed by atoms with Gasteiger partial charge in [-0.2, -0.15) is 0 Å². The molecule has 3 aliphatic carbocycles. The minimum absolute atomic E-state index is 0.487. The van der Waals surface area contributed by atoms with Crippen molar-refractivity contribution in [3.8, 4) is 0 Å².